The molecule has 0 saturated heterocycles. The number of halogens is 1. The van der Waals surface area contributed by atoms with Crippen molar-refractivity contribution in [1.82, 2.24) is 10.2 Å². The summed E-state index contributed by atoms with van der Waals surface area (Å²) in [6, 6.07) is 5.92. The minimum absolute atomic E-state index is 0.656. The number of benzene rings is 1. The van der Waals surface area contributed by atoms with Gasteiger partial charge in [0.15, 0.2) is 0 Å². The normalized spacial score (nSPS) is 10.5. The van der Waals surface area contributed by atoms with Crippen LogP contribution >= 0.6 is 11.6 Å². The van der Waals surface area contributed by atoms with Crippen LogP contribution in [0.1, 0.15) is 5.56 Å². The molecular weight excluding hydrogens is 172 g/mol. The van der Waals surface area contributed by atoms with Crippen LogP contribution in [0.2, 0.25) is 5.02 Å². The lowest BCUT2D eigenvalue weighted by atomic mass is 10.2. The summed E-state index contributed by atoms with van der Waals surface area (Å²) < 4.78 is 0. The molecular formula is C9H7ClN2. The first-order valence-electron chi connectivity index (χ1n) is 3.65. The number of nitrogens with zero attached hydrogens (tertiary/aromatic N) is 2. The molecule has 12 heavy (non-hydrogen) atoms. The number of hydrogen-bond donors (Lipinski definition) is 0. The molecule has 0 unspecified atom stereocenters. The van der Waals surface area contributed by atoms with E-state index in [2.05, 4.69) is 10.2 Å². The topological polar surface area (TPSA) is 25.8 Å². The smallest absolute Gasteiger partial charge is 0.0944 e. The number of aryl methyl sites for hydroxylation is 1. The van der Waals surface area contributed by atoms with E-state index in [9.17, 15) is 0 Å². The van der Waals surface area contributed by atoms with Crippen molar-refractivity contribution in [2.45, 2.75) is 6.92 Å². The van der Waals surface area contributed by atoms with Crippen LogP contribution in [0.3, 0.4) is 0 Å². The van der Waals surface area contributed by atoms with Crippen molar-refractivity contribution in [2.75, 3.05) is 0 Å². The van der Waals surface area contributed by atoms with E-state index in [1.807, 2.05) is 25.1 Å². The molecule has 0 amide bonds. The number of hydrogen-bond acceptors (Lipinski definition) is 2. The Morgan fingerprint density at radius 2 is 2.17 bits per heavy atom. The van der Waals surface area contributed by atoms with Crippen LogP contribution in [0.4, 0.5) is 0 Å². The van der Waals surface area contributed by atoms with E-state index in [1.165, 1.54) is 5.56 Å². The van der Waals surface area contributed by atoms with Crippen LogP contribution in [0.25, 0.3) is 10.9 Å². The van der Waals surface area contributed by atoms with Crippen LogP contribution < -0.4 is 0 Å². The Labute approximate surface area is 75.2 Å². The minimum atomic E-state index is 0.656. The van der Waals surface area contributed by atoms with Crippen LogP contribution in [-0.4, -0.2) is 10.2 Å². The zero-order valence-corrected chi connectivity index (χ0v) is 7.34. The van der Waals surface area contributed by atoms with Gasteiger partial charge < -0.3 is 0 Å². The van der Waals surface area contributed by atoms with E-state index in [0.29, 0.717) is 5.02 Å². The summed E-state index contributed by atoms with van der Waals surface area (Å²) in [5.74, 6) is 0. The third-order valence-electron chi connectivity index (χ3n) is 1.75. The molecule has 0 aliphatic rings. The van der Waals surface area contributed by atoms with Crippen molar-refractivity contribution in [1.29, 1.82) is 0 Å². The van der Waals surface area contributed by atoms with Gasteiger partial charge in [-0.3, -0.25) is 0 Å². The molecule has 3 heteroatoms. The highest BCUT2D eigenvalue weighted by Crippen LogP contribution is 2.20. The molecule has 0 atom stereocenters. The van der Waals surface area contributed by atoms with E-state index < -0.39 is 0 Å². The van der Waals surface area contributed by atoms with Crippen molar-refractivity contribution < 1.29 is 0 Å². The maximum absolute atomic E-state index is 5.93. The fraction of sp³-hybridized carbons (Fsp3) is 0.111. The second kappa shape index (κ2) is 2.72. The Balaban J connectivity index is 2.88. The maximum Gasteiger partial charge on any atom is 0.0944 e. The molecule has 0 spiro atoms. The predicted molar refractivity (Wildman–Crippen MR) is 49.3 cm³/mol. The van der Waals surface area contributed by atoms with E-state index in [4.69, 9.17) is 11.6 Å². The van der Waals surface area contributed by atoms with Gasteiger partial charge in [-0.25, -0.2) is 0 Å². The fourth-order valence-electron chi connectivity index (χ4n) is 1.14. The first kappa shape index (κ1) is 7.50. The lowest BCUT2D eigenvalue weighted by Crippen LogP contribution is -1.84. The van der Waals surface area contributed by atoms with Crippen LogP contribution in [-0.2, 0) is 0 Å². The summed E-state index contributed by atoms with van der Waals surface area (Å²) >= 11 is 5.93. The largest absolute Gasteiger partial charge is 0.157 e. The van der Waals surface area contributed by atoms with E-state index in [-0.39, 0.29) is 0 Å². The van der Waals surface area contributed by atoms with Crippen molar-refractivity contribution in [3.8, 4) is 0 Å². The van der Waals surface area contributed by atoms with E-state index in [0.717, 1.165) is 10.9 Å². The standard InChI is InChI=1S/C9H7ClN2/c1-6-2-3-9-7(4-6)8(10)5-11-12-9/h2-5H,1H3. The van der Waals surface area contributed by atoms with Gasteiger partial charge in [0, 0.05) is 5.39 Å². The molecule has 0 N–H and O–H groups in total. The monoisotopic (exact) mass is 178 g/mol. The van der Waals surface area contributed by atoms with Gasteiger partial charge in [-0.05, 0) is 19.1 Å². The van der Waals surface area contributed by atoms with Gasteiger partial charge in [0.2, 0.25) is 0 Å². The predicted octanol–water partition coefficient (Wildman–Crippen LogP) is 2.59. The van der Waals surface area contributed by atoms with Gasteiger partial charge in [-0.15, -0.1) is 0 Å². The van der Waals surface area contributed by atoms with Crippen molar-refractivity contribution in [3.05, 3.63) is 35.0 Å². The highest BCUT2D eigenvalue weighted by atomic mass is 35.5. The van der Waals surface area contributed by atoms with Crippen LogP contribution in [0.15, 0.2) is 24.4 Å². The van der Waals surface area contributed by atoms with Crippen LogP contribution in [0.5, 0.6) is 0 Å². The average molecular weight is 179 g/mol. The number of rotatable bonds is 0. The van der Waals surface area contributed by atoms with Crippen molar-refractivity contribution in [3.63, 3.8) is 0 Å². The molecule has 2 aromatic rings. The molecule has 1 aromatic heterocycles. The SMILES string of the molecule is Cc1ccc2nncc(Cl)c2c1. The molecule has 1 aromatic carbocycles. The molecule has 0 radical (unpaired) electrons. The third kappa shape index (κ3) is 1.14. The van der Waals surface area contributed by atoms with E-state index >= 15 is 0 Å². The first-order chi connectivity index (χ1) is 5.77. The average Bonchev–Trinajstić information content (AvgIpc) is 2.07. The van der Waals surface area contributed by atoms with Gasteiger partial charge in [-0.2, -0.15) is 10.2 Å². The first-order valence-corrected chi connectivity index (χ1v) is 4.03. The molecule has 0 aliphatic carbocycles. The summed E-state index contributed by atoms with van der Waals surface area (Å²) in [5.41, 5.74) is 2.02. The lowest BCUT2D eigenvalue weighted by Gasteiger charge is -1.98. The Morgan fingerprint density at radius 1 is 1.33 bits per heavy atom. The van der Waals surface area contributed by atoms with Gasteiger partial charge in [-0.1, -0.05) is 23.2 Å². The number of aromatic nitrogens is 2. The Bertz CT molecular complexity index is 426. The number of fused-ring (bicyclic) bond motifs is 1. The Morgan fingerprint density at radius 3 is 3.00 bits per heavy atom. The zero-order valence-electron chi connectivity index (χ0n) is 6.58. The third-order valence-corrected chi connectivity index (χ3v) is 2.05. The minimum Gasteiger partial charge on any atom is -0.157 e. The molecule has 60 valence electrons. The van der Waals surface area contributed by atoms with Crippen molar-refractivity contribution >= 4 is 22.5 Å². The highest BCUT2D eigenvalue weighted by Gasteiger charge is 1.99. The molecule has 0 aliphatic heterocycles. The fourth-order valence-corrected chi connectivity index (χ4v) is 1.33. The van der Waals surface area contributed by atoms with E-state index in [1.54, 1.807) is 6.20 Å². The quantitative estimate of drug-likeness (QED) is 0.620. The van der Waals surface area contributed by atoms with Gasteiger partial charge >= 0.3 is 0 Å². The summed E-state index contributed by atoms with van der Waals surface area (Å²) in [6.07, 6.45) is 1.56. The molecule has 1 heterocycles. The van der Waals surface area contributed by atoms with Gasteiger partial charge in [0.05, 0.1) is 16.7 Å². The highest BCUT2D eigenvalue weighted by molar-refractivity contribution is 6.35. The Kier molecular flexibility index (Phi) is 1.70. The second-order valence-electron chi connectivity index (χ2n) is 2.71. The molecule has 0 fully saturated rings. The summed E-state index contributed by atoms with van der Waals surface area (Å²) in [7, 11) is 0. The van der Waals surface area contributed by atoms with Gasteiger partial charge in [0.1, 0.15) is 0 Å². The van der Waals surface area contributed by atoms with Gasteiger partial charge in [0.25, 0.3) is 0 Å². The van der Waals surface area contributed by atoms with Crippen LogP contribution in [0, 0.1) is 6.92 Å². The lowest BCUT2D eigenvalue weighted by molar-refractivity contribution is 1.08. The Hall–Kier alpha value is -1.15. The molecule has 2 nitrogen and oxygen atoms in total. The van der Waals surface area contributed by atoms with Crippen molar-refractivity contribution in [2.24, 2.45) is 0 Å². The maximum atomic E-state index is 5.93. The summed E-state index contributed by atoms with van der Waals surface area (Å²) in [4.78, 5) is 0. The summed E-state index contributed by atoms with van der Waals surface area (Å²) in [5, 5.41) is 9.33. The molecule has 2 rings (SSSR count). The molecule has 0 saturated carbocycles. The zero-order chi connectivity index (χ0) is 8.55. The second-order valence-corrected chi connectivity index (χ2v) is 3.12. The molecule has 0 bridgehead atoms. The summed E-state index contributed by atoms with van der Waals surface area (Å²) in [6.45, 7) is 2.02.